The number of rotatable bonds is 0. The normalized spacial score (nSPS) is 2.29. The molecule has 0 aliphatic heterocycles. The van der Waals surface area contributed by atoms with Crippen LogP contribution in [0.2, 0.25) is 0 Å². The zero-order valence-corrected chi connectivity index (χ0v) is 5.35. The van der Waals surface area contributed by atoms with Gasteiger partial charge in [-0.3, -0.25) is 0 Å². The van der Waals surface area contributed by atoms with E-state index in [1.54, 1.807) is 12.1 Å². The van der Waals surface area contributed by atoms with Crippen molar-refractivity contribution in [2.24, 2.45) is 0 Å². The molecule has 0 bridgehead atoms. The van der Waals surface area contributed by atoms with Crippen LogP contribution in [0.5, 0.6) is 0 Å². The van der Waals surface area contributed by atoms with Crippen molar-refractivity contribution in [3.8, 4) is 12.1 Å². The van der Waals surface area contributed by atoms with Gasteiger partial charge < -0.3 is 0 Å². The van der Waals surface area contributed by atoms with Gasteiger partial charge in [0.05, 0.1) is 12.1 Å². The Labute approximate surface area is 54.2 Å². The summed E-state index contributed by atoms with van der Waals surface area (Å²) in [6, 6.07) is 3.50. The van der Waals surface area contributed by atoms with Crippen molar-refractivity contribution in [3.05, 3.63) is 0 Å². The molecule has 7 heavy (non-hydrogen) atoms. The van der Waals surface area contributed by atoms with E-state index in [0.29, 0.717) is 0 Å². The van der Waals surface area contributed by atoms with E-state index in [-0.39, 0.29) is 17.1 Å². The summed E-state index contributed by atoms with van der Waals surface area (Å²) in [5.74, 6) is 0. The average Bonchev–Trinajstić information content (AvgIpc) is 1.39. The molecule has 0 radical (unpaired) electrons. The van der Waals surface area contributed by atoms with Crippen LogP contribution >= 0.6 is 0 Å². The van der Waals surface area contributed by atoms with Crippen molar-refractivity contribution in [1.82, 2.24) is 0 Å². The molecule has 0 unspecified atom stereocenters. The second-order valence-corrected chi connectivity index (χ2v) is 0.447. The van der Waals surface area contributed by atoms with Gasteiger partial charge in [-0.15, -0.1) is 0 Å². The van der Waals surface area contributed by atoms with Gasteiger partial charge in [-0.1, -0.05) is 0 Å². The van der Waals surface area contributed by atoms with Crippen LogP contribution in [0.3, 0.4) is 0 Å². The Morgan fingerprint density at radius 1 is 1.00 bits per heavy atom. The number of hydrogen-bond donors (Lipinski definition) is 0. The molecule has 0 amide bonds. The van der Waals surface area contributed by atoms with Gasteiger partial charge in [0.25, 0.3) is 0 Å². The first kappa shape index (κ1) is 16.1. The molecular formula is C4H6FeN2+2. The van der Waals surface area contributed by atoms with Gasteiger partial charge in [-0.2, -0.15) is 10.5 Å². The Kier molecular flexibility index (Phi) is 114. The SMILES string of the molecule is CC#N.CC#N.[Fe+2]. The maximum Gasteiger partial charge on any atom is 2.00 e. The van der Waals surface area contributed by atoms with Crippen molar-refractivity contribution >= 4 is 0 Å². The first-order chi connectivity index (χ1) is 2.83. The Morgan fingerprint density at radius 2 is 1.00 bits per heavy atom. The smallest absolute Gasteiger partial charge is 0.199 e. The van der Waals surface area contributed by atoms with E-state index in [1.165, 1.54) is 13.8 Å². The first-order valence-electron chi connectivity index (χ1n) is 1.45. The number of nitriles is 2. The predicted octanol–water partition coefficient (Wildman–Crippen LogP) is 1.06. The molecule has 0 N–H and O–H groups in total. The molecule has 2 nitrogen and oxygen atoms in total. The first-order valence-corrected chi connectivity index (χ1v) is 1.45. The summed E-state index contributed by atoms with van der Waals surface area (Å²) in [7, 11) is 0. The van der Waals surface area contributed by atoms with E-state index in [0.717, 1.165) is 0 Å². The third-order valence-electron chi connectivity index (χ3n) is 0. The van der Waals surface area contributed by atoms with E-state index in [4.69, 9.17) is 10.5 Å². The zero-order chi connectivity index (χ0) is 5.41. The molecule has 0 rings (SSSR count). The monoisotopic (exact) mass is 138 g/mol. The summed E-state index contributed by atoms with van der Waals surface area (Å²) >= 11 is 0. The predicted molar refractivity (Wildman–Crippen MR) is 22.6 cm³/mol. The van der Waals surface area contributed by atoms with Gasteiger partial charge in [0.1, 0.15) is 0 Å². The van der Waals surface area contributed by atoms with E-state index < -0.39 is 0 Å². The number of nitrogens with zero attached hydrogens (tertiary/aromatic N) is 2. The third kappa shape index (κ3) is 269. The Morgan fingerprint density at radius 3 is 1.00 bits per heavy atom. The summed E-state index contributed by atoms with van der Waals surface area (Å²) in [4.78, 5) is 0. The Hall–Kier alpha value is -0.501. The molecule has 0 aliphatic rings. The number of hydrogen-bond acceptors (Lipinski definition) is 2. The summed E-state index contributed by atoms with van der Waals surface area (Å²) in [6.07, 6.45) is 0. The molecule has 0 aromatic heterocycles. The molecule has 0 atom stereocenters. The maximum atomic E-state index is 7.32. The molecule has 38 valence electrons. The molecule has 0 aromatic carbocycles. The molecule has 3 heteroatoms. The van der Waals surface area contributed by atoms with E-state index in [1.807, 2.05) is 0 Å². The van der Waals surface area contributed by atoms with Gasteiger partial charge in [0, 0.05) is 13.8 Å². The van der Waals surface area contributed by atoms with Crippen molar-refractivity contribution in [1.29, 1.82) is 10.5 Å². The minimum atomic E-state index is 0. The zero-order valence-electron chi connectivity index (χ0n) is 4.25. The van der Waals surface area contributed by atoms with Crippen LogP contribution in [-0.2, 0) is 17.1 Å². The van der Waals surface area contributed by atoms with Gasteiger partial charge in [0.2, 0.25) is 0 Å². The quantitative estimate of drug-likeness (QED) is 0.469. The second-order valence-electron chi connectivity index (χ2n) is 0.447. The van der Waals surface area contributed by atoms with Crippen LogP contribution in [0, 0.1) is 22.7 Å². The molecule has 0 saturated carbocycles. The van der Waals surface area contributed by atoms with Crippen LogP contribution in [0.15, 0.2) is 0 Å². The standard InChI is InChI=1S/2C2H3N.Fe/c2*1-2-3;/h2*1H3;/q;;+2. The summed E-state index contributed by atoms with van der Waals surface area (Å²) in [5, 5.41) is 14.6. The van der Waals surface area contributed by atoms with Crippen molar-refractivity contribution in [2.45, 2.75) is 13.8 Å². The molecular weight excluding hydrogens is 132 g/mol. The molecule has 0 aliphatic carbocycles. The van der Waals surface area contributed by atoms with E-state index >= 15 is 0 Å². The summed E-state index contributed by atoms with van der Waals surface area (Å²) in [6.45, 7) is 2.86. The second kappa shape index (κ2) is 49.5. The topological polar surface area (TPSA) is 47.6 Å². The molecule has 0 fully saturated rings. The largest absolute Gasteiger partial charge is 2.00 e. The van der Waals surface area contributed by atoms with E-state index in [2.05, 4.69) is 0 Å². The van der Waals surface area contributed by atoms with Gasteiger partial charge in [-0.25, -0.2) is 0 Å². The molecule has 0 saturated heterocycles. The van der Waals surface area contributed by atoms with Crippen molar-refractivity contribution in [3.63, 3.8) is 0 Å². The fourth-order valence-electron chi connectivity index (χ4n) is 0. The van der Waals surface area contributed by atoms with Gasteiger partial charge in [-0.05, 0) is 0 Å². The molecule has 0 aromatic rings. The van der Waals surface area contributed by atoms with E-state index in [9.17, 15) is 0 Å². The fourth-order valence-corrected chi connectivity index (χ4v) is 0. The van der Waals surface area contributed by atoms with Crippen LogP contribution in [0.1, 0.15) is 13.8 Å². The Bertz CT molecular complexity index is 64.7. The summed E-state index contributed by atoms with van der Waals surface area (Å²) in [5.41, 5.74) is 0. The molecule has 0 spiro atoms. The van der Waals surface area contributed by atoms with Crippen molar-refractivity contribution in [2.75, 3.05) is 0 Å². The summed E-state index contributed by atoms with van der Waals surface area (Å²) < 4.78 is 0. The van der Waals surface area contributed by atoms with Crippen LogP contribution in [0.4, 0.5) is 0 Å². The maximum absolute atomic E-state index is 7.32. The van der Waals surface area contributed by atoms with Crippen LogP contribution in [0.25, 0.3) is 0 Å². The average molecular weight is 138 g/mol. The minimum Gasteiger partial charge on any atom is -0.199 e. The minimum absolute atomic E-state index is 0. The van der Waals surface area contributed by atoms with Gasteiger partial charge in [0.15, 0.2) is 0 Å². The fraction of sp³-hybridized carbons (Fsp3) is 0.500. The third-order valence-corrected chi connectivity index (χ3v) is 0. The van der Waals surface area contributed by atoms with Crippen LogP contribution < -0.4 is 0 Å². The molecule has 0 heterocycles. The van der Waals surface area contributed by atoms with Crippen molar-refractivity contribution < 1.29 is 17.1 Å². The van der Waals surface area contributed by atoms with Gasteiger partial charge >= 0.3 is 17.1 Å². The van der Waals surface area contributed by atoms with Crippen LogP contribution in [-0.4, -0.2) is 0 Å². The Balaban J connectivity index is -0.0000000400.